The third kappa shape index (κ3) is 4.31. The zero-order valence-corrected chi connectivity index (χ0v) is 13.6. The van der Waals surface area contributed by atoms with Crippen molar-refractivity contribution in [1.29, 1.82) is 0 Å². The number of carbonyl (C=O) groups is 1. The molecule has 3 fully saturated rings. The summed E-state index contributed by atoms with van der Waals surface area (Å²) in [6, 6.07) is 0.660. The number of rotatable bonds is 3. The normalized spacial score (nSPS) is 30.4. The first-order valence-electron chi connectivity index (χ1n) is 8.15. The minimum atomic E-state index is 0. The Hall–Kier alpha value is -0.360. The van der Waals surface area contributed by atoms with Crippen LogP contribution in [0, 0.1) is 5.92 Å². The Bertz CT molecular complexity index is 335. The minimum Gasteiger partial charge on any atom is -0.381 e. The Morgan fingerprint density at radius 3 is 2.81 bits per heavy atom. The lowest BCUT2D eigenvalue weighted by molar-refractivity contribution is -0.132. The molecule has 3 rings (SSSR count). The number of carbonyl (C=O) groups excluding carboxylic acids is 1. The molecule has 1 amide bonds. The molecule has 122 valence electrons. The first-order valence-corrected chi connectivity index (χ1v) is 8.15. The number of likely N-dealkylation sites (tertiary alicyclic amines) is 1. The average Bonchev–Trinajstić information content (AvgIpc) is 2.53. The maximum atomic E-state index is 12.2. The molecule has 0 aromatic heterocycles. The van der Waals surface area contributed by atoms with E-state index < -0.39 is 0 Å². The van der Waals surface area contributed by atoms with Crippen molar-refractivity contribution in [2.24, 2.45) is 5.92 Å². The third-order valence-corrected chi connectivity index (χ3v) is 5.01. The molecular formula is C15H28ClN3O2. The molecule has 0 spiro atoms. The Balaban J connectivity index is 0.00000161. The smallest absolute Gasteiger partial charge is 0.223 e. The fraction of sp³-hybridized carbons (Fsp3) is 0.933. The van der Waals surface area contributed by atoms with Crippen LogP contribution in [0.2, 0.25) is 0 Å². The fourth-order valence-corrected chi connectivity index (χ4v) is 3.85. The standard InChI is InChI=1S/C15H27N3O2.ClH/c19-15(18-9-5-16-6-10-18)3-8-17-7-1-2-13-12-20-11-4-14(13)17;/h13-14,16H,1-12H2;1H. The van der Waals surface area contributed by atoms with Crippen molar-refractivity contribution in [3.05, 3.63) is 0 Å². The van der Waals surface area contributed by atoms with Gasteiger partial charge in [0, 0.05) is 51.8 Å². The van der Waals surface area contributed by atoms with Crippen LogP contribution in [0.1, 0.15) is 25.7 Å². The van der Waals surface area contributed by atoms with Crippen LogP contribution in [-0.4, -0.2) is 74.2 Å². The van der Waals surface area contributed by atoms with Gasteiger partial charge in [0.25, 0.3) is 0 Å². The summed E-state index contributed by atoms with van der Waals surface area (Å²) in [5.41, 5.74) is 0. The van der Waals surface area contributed by atoms with Gasteiger partial charge in [-0.2, -0.15) is 0 Å². The number of piperazine rings is 1. The molecule has 3 aliphatic rings. The zero-order valence-electron chi connectivity index (χ0n) is 12.8. The van der Waals surface area contributed by atoms with Crippen LogP contribution >= 0.6 is 12.4 Å². The molecule has 0 aromatic carbocycles. The molecule has 6 heteroatoms. The van der Waals surface area contributed by atoms with Crippen LogP contribution in [-0.2, 0) is 9.53 Å². The highest BCUT2D eigenvalue weighted by molar-refractivity contribution is 5.85. The van der Waals surface area contributed by atoms with E-state index in [1.54, 1.807) is 0 Å². The van der Waals surface area contributed by atoms with Gasteiger partial charge in [0.2, 0.25) is 5.91 Å². The summed E-state index contributed by atoms with van der Waals surface area (Å²) >= 11 is 0. The summed E-state index contributed by atoms with van der Waals surface area (Å²) in [5.74, 6) is 1.03. The molecule has 0 aliphatic carbocycles. The van der Waals surface area contributed by atoms with Crippen molar-refractivity contribution in [3.63, 3.8) is 0 Å². The molecule has 3 heterocycles. The van der Waals surface area contributed by atoms with Gasteiger partial charge in [0.15, 0.2) is 0 Å². The van der Waals surface area contributed by atoms with Crippen LogP contribution in [0.3, 0.4) is 0 Å². The van der Waals surface area contributed by atoms with E-state index in [4.69, 9.17) is 4.74 Å². The molecule has 21 heavy (non-hydrogen) atoms. The van der Waals surface area contributed by atoms with E-state index in [-0.39, 0.29) is 12.4 Å². The van der Waals surface area contributed by atoms with Gasteiger partial charge in [0.1, 0.15) is 0 Å². The van der Waals surface area contributed by atoms with E-state index >= 15 is 0 Å². The quantitative estimate of drug-likeness (QED) is 0.833. The Morgan fingerprint density at radius 1 is 1.19 bits per heavy atom. The number of fused-ring (bicyclic) bond motifs is 1. The number of hydrogen-bond donors (Lipinski definition) is 1. The van der Waals surface area contributed by atoms with Gasteiger partial charge in [-0.05, 0) is 31.7 Å². The highest BCUT2D eigenvalue weighted by Gasteiger charge is 2.33. The SMILES string of the molecule is Cl.O=C(CCN1CCCC2COCCC21)N1CCNCC1. The minimum absolute atomic E-state index is 0. The van der Waals surface area contributed by atoms with Gasteiger partial charge in [-0.25, -0.2) is 0 Å². The summed E-state index contributed by atoms with van der Waals surface area (Å²) in [7, 11) is 0. The number of nitrogens with zero attached hydrogens (tertiary/aromatic N) is 2. The summed E-state index contributed by atoms with van der Waals surface area (Å²) < 4.78 is 5.60. The number of nitrogens with one attached hydrogen (secondary N) is 1. The molecule has 0 saturated carbocycles. The number of hydrogen-bond acceptors (Lipinski definition) is 4. The summed E-state index contributed by atoms with van der Waals surface area (Å²) in [6.07, 6.45) is 4.38. The lowest BCUT2D eigenvalue weighted by Crippen LogP contribution is -2.51. The first kappa shape index (κ1) is 17.0. The van der Waals surface area contributed by atoms with Gasteiger partial charge in [-0.1, -0.05) is 0 Å². The van der Waals surface area contributed by atoms with Crippen molar-refractivity contribution in [2.45, 2.75) is 31.7 Å². The molecule has 0 aromatic rings. The van der Waals surface area contributed by atoms with Crippen molar-refractivity contribution in [3.8, 4) is 0 Å². The van der Waals surface area contributed by atoms with Crippen molar-refractivity contribution in [1.82, 2.24) is 15.1 Å². The van der Waals surface area contributed by atoms with Crippen molar-refractivity contribution in [2.75, 3.05) is 52.5 Å². The van der Waals surface area contributed by atoms with Gasteiger partial charge < -0.3 is 15.0 Å². The molecule has 3 saturated heterocycles. The molecule has 2 atom stereocenters. The summed E-state index contributed by atoms with van der Waals surface area (Å²) in [5, 5.41) is 3.29. The highest BCUT2D eigenvalue weighted by atomic mass is 35.5. The number of halogens is 1. The van der Waals surface area contributed by atoms with E-state index in [1.165, 1.54) is 12.8 Å². The number of piperidine rings is 1. The molecule has 2 unspecified atom stereocenters. The monoisotopic (exact) mass is 317 g/mol. The predicted molar refractivity (Wildman–Crippen MR) is 84.8 cm³/mol. The highest BCUT2D eigenvalue weighted by Crippen LogP contribution is 2.29. The van der Waals surface area contributed by atoms with Crippen LogP contribution < -0.4 is 5.32 Å². The fourth-order valence-electron chi connectivity index (χ4n) is 3.85. The molecule has 3 aliphatic heterocycles. The van der Waals surface area contributed by atoms with Crippen LogP contribution in [0.15, 0.2) is 0 Å². The second-order valence-corrected chi connectivity index (χ2v) is 6.25. The maximum absolute atomic E-state index is 12.2. The van der Waals surface area contributed by atoms with Gasteiger partial charge in [-0.3, -0.25) is 9.69 Å². The molecular weight excluding hydrogens is 290 g/mol. The third-order valence-electron chi connectivity index (χ3n) is 5.01. The Morgan fingerprint density at radius 2 is 2.00 bits per heavy atom. The molecule has 5 nitrogen and oxygen atoms in total. The van der Waals surface area contributed by atoms with Gasteiger partial charge in [-0.15, -0.1) is 12.4 Å². The molecule has 0 bridgehead atoms. The topological polar surface area (TPSA) is 44.8 Å². The number of ether oxygens (including phenoxy) is 1. The molecule has 1 N–H and O–H groups in total. The summed E-state index contributed by atoms with van der Waals surface area (Å²) in [6.45, 7) is 7.54. The van der Waals surface area contributed by atoms with Crippen LogP contribution in [0.4, 0.5) is 0 Å². The second kappa shape index (κ2) is 8.32. The van der Waals surface area contributed by atoms with Crippen molar-refractivity contribution >= 4 is 18.3 Å². The largest absolute Gasteiger partial charge is 0.381 e. The Kier molecular flexibility index (Phi) is 6.74. The van der Waals surface area contributed by atoms with Crippen LogP contribution in [0.25, 0.3) is 0 Å². The number of amides is 1. The predicted octanol–water partition coefficient (Wildman–Crippen LogP) is 0.731. The first-order chi connectivity index (χ1) is 9.84. The van der Waals surface area contributed by atoms with Gasteiger partial charge >= 0.3 is 0 Å². The maximum Gasteiger partial charge on any atom is 0.223 e. The van der Waals surface area contributed by atoms with E-state index in [9.17, 15) is 4.79 Å². The lowest BCUT2D eigenvalue weighted by Gasteiger charge is -2.44. The van der Waals surface area contributed by atoms with Crippen molar-refractivity contribution < 1.29 is 9.53 Å². The summed E-state index contributed by atoms with van der Waals surface area (Å²) in [4.78, 5) is 16.8. The van der Waals surface area contributed by atoms with E-state index in [0.29, 0.717) is 24.3 Å². The Labute approximate surface area is 133 Å². The van der Waals surface area contributed by atoms with Crippen LogP contribution in [0.5, 0.6) is 0 Å². The van der Waals surface area contributed by atoms with E-state index in [2.05, 4.69) is 10.2 Å². The average molecular weight is 318 g/mol. The molecule has 0 radical (unpaired) electrons. The van der Waals surface area contributed by atoms with E-state index in [0.717, 1.165) is 58.9 Å². The zero-order chi connectivity index (χ0) is 13.8. The van der Waals surface area contributed by atoms with Gasteiger partial charge in [0.05, 0.1) is 6.61 Å². The van der Waals surface area contributed by atoms with E-state index in [1.807, 2.05) is 4.90 Å². The lowest BCUT2D eigenvalue weighted by atomic mass is 9.86. The second-order valence-electron chi connectivity index (χ2n) is 6.25.